The van der Waals surface area contributed by atoms with Crippen LogP contribution in [0.4, 0.5) is 4.39 Å². The van der Waals surface area contributed by atoms with Crippen molar-refractivity contribution in [2.75, 3.05) is 0 Å². The fourth-order valence-corrected chi connectivity index (χ4v) is 2.07. The first-order chi connectivity index (χ1) is 9.47. The number of halogens is 2. The number of carbonyl (C=O) groups is 1. The predicted molar refractivity (Wildman–Crippen MR) is 77.8 cm³/mol. The highest BCUT2D eigenvalue weighted by atomic mass is 35.5. The van der Waals surface area contributed by atoms with Crippen LogP contribution >= 0.6 is 11.6 Å². The number of carbonyl (C=O) groups excluding carboxylic acids is 1. The highest BCUT2D eigenvalue weighted by Crippen LogP contribution is 2.20. The van der Waals surface area contributed by atoms with E-state index in [4.69, 9.17) is 11.6 Å². The summed E-state index contributed by atoms with van der Waals surface area (Å²) >= 11 is 5.73. The SMILES string of the molecule is CC(C)c1cc(CC(=O)c2ccc(Cl)cn2)ccc1F. The molecule has 1 aromatic heterocycles. The maximum atomic E-state index is 13.6. The Morgan fingerprint density at radius 2 is 2.05 bits per heavy atom. The number of hydrogen-bond donors (Lipinski definition) is 0. The van der Waals surface area contributed by atoms with Crippen LogP contribution in [0.3, 0.4) is 0 Å². The summed E-state index contributed by atoms with van der Waals surface area (Å²) in [5, 5.41) is 0.491. The van der Waals surface area contributed by atoms with Crippen LogP contribution < -0.4 is 0 Å². The van der Waals surface area contributed by atoms with E-state index in [2.05, 4.69) is 4.98 Å². The van der Waals surface area contributed by atoms with E-state index in [0.29, 0.717) is 16.3 Å². The van der Waals surface area contributed by atoms with Gasteiger partial charge in [-0.2, -0.15) is 0 Å². The van der Waals surface area contributed by atoms with E-state index in [1.165, 1.54) is 12.3 Å². The topological polar surface area (TPSA) is 30.0 Å². The van der Waals surface area contributed by atoms with Crippen molar-refractivity contribution in [1.29, 1.82) is 0 Å². The van der Waals surface area contributed by atoms with Gasteiger partial charge in [0.2, 0.25) is 0 Å². The smallest absolute Gasteiger partial charge is 0.185 e. The monoisotopic (exact) mass is 291 g/mol. The molecule has 0 aliphatic carbocycles. The zero-order valence-corrected chi connectivity index (χ0v) is 12.1. The van der Waals surface area contributed by atoms with E-state index >= 15 is 0 Å². The molecule has 0 amide bonds. The first-order valence-corrected chi connectivity index (χ1v) is 6.78. The Morgan fingerprint density at radius 1 is 1.30 bits per heavy atom. The first kappa shape index (κ1) is 14.7. The molecule has 2 rings (SSSR count). The van der Waals surface area contributed by atoms with E-state index in [1.54, 1.807) is 24.3 Å². The van der Waals surface area contributed by atoms with E-state index in [-0.39, 0.29) is 23.9 Å². The van der Waals surface area contributed by atoms with Crippen LogP contribution in [0.5, 0.6) is 0 Å². The second kappa shape index (κ2) is 6.14. The van der Waals surface area contributed by atoms with E-state index in [0.717, 1.165) is 5.56 Å². The zero-order chi connectivity index (χ0) is 14.7. The van der Waals surface area contributed by atoms with Crippen LogP contribution in [0.15, 0.2) is 36.5 Å². The number of pyridine rings is 1. The Hall–Kier alpha value is -1.74. The van der Waals surface area contributed by atoms with Crippen molar-refractivity contribution in [2.24, 2.45) is 0 Å². The molecule has 0 fully saturated rings. The standard InChI is InChI=1S/C16H15ClFNO/c1-10(2)13-7-11(3-5-14(13)18)8-16(20)15-6-4-12(17)9-19-15/h3-7,9-10H,8H2,1-2H3. The lowest BCUT2D eigenvalue weighted by Crippen LogP contribution is -2.06. The minimum atomic E-state index is -0.235. The molecule has 1 aromatic carbocycles. The summed E-state index contributed by atoms with van der Waals surface area (Å²) < 4.78 is 13.6. The lowest BCUT2D eigenvalue weighted by Gasteiger charge is -2.09. The highest BCUT2D eigenvalue weighted by Gasteiger charge is 2.12. The van der Waals surface area contributed by atoms with Crippen molar-refractivity contribution in [3.05, 3.63) is 64.2 Å². The third-order valence-electron chi connectivity index (χ3n) is 3.06. The van der Waals surface area contributed by atoms with Crippen LogP contribution in [0.2, 0.25) is 5.02 Å². The molecule has 20 heavy (non-hydrogen) atoms. The van der Waals surface area contributed by atoms with Crippen molar-refractivity contribution < 1.29 is 9.18 Å². The van der Waals surface area contributed by atoms with Gasteiger partial charge < -0.3 is 0 Å². The van der Waals surface area contributed by atoms with E-state index in [1.807, 2.05) is 13.8 Å². The number of hydrogen-bond acceptors (Lipinski definition) is 2. The molecule has 2 aromatic rings. The van der Waals surface area contributed by atoms with Crippen LogP contribution in [0.25, 0.3) is 0 Å². The van der Waals surface area contributed by atoms with Gasteiger partial charge in [0.1, 0.15) is 11.5 Å². The van der Waals surface area contributed by atoms with Gasteiger partial charge in [0.25, 0.3) is 0 Å². The van der Waals surface area contributed by atoms with Crippen LogP contribution in [-0.2, 0) is 6.42 Å². The molecule has 0 aliphatic rings. The van der Waals surface area contributed by atoms with E-state index < -0.39 is 0 Å². The number of aromatic nitrogens is 1. The average molecular weight is 292 g/mol. The quantitative estimate of drug-likeness (QED) is 0.780. The molecule has 0 N–H and O–H groups in total. The Kier molecular flexibility index (Phi) is 4.50. The summed E-state index contributed by atoms with van der Waals surface area (Å²) in [7, 11) is 0. The lowest BCUT2D eigenvalue weighted by molar-refractivity contribution is 0.0988. The van der Waals surface area contributed by atoms with Crippen LogP contribution in [0.1, 0.15) is 41.4 Å². The fraction of sp³-hybridized carbons (Fsp3) is 0.250. The maximum Gasteiger partial charge on any atom is 0.185 e. The van der Waals surface area contributed by atoms with Gasteiger partial charge in [-0.3, -0.25) is 9.78 Å². The summed E-state index contributed by atoms with van der Waals surface area (Å²) in [6.07, 6.45) is 1.65. The largest absolute Gasteiger partial charge is 0.292 e. The summed E-state index contributed by atoms with van der Waals surface area (Å²) in [5.41, 5.74) is 1.78. The third-order valence-corrected chi connectivity index (χ3v) is 3.28. The second-order valence-electron chi connectivity index (χ2n) is 4.97. The van der Waals surface area contributed by atoms with Gasteiger partial charge in [-0.25, -0.2) is 4.39 Å². The molecule has 104 valence electrons. The minimum absolute atomic E-state index is 0.0821. The van der Waals surface area contributed by atoms with Crippen molar-refractivity contribution in [3.8, 4) is 0 Å². The van der Waals surface area contributed by atoms with Crippen molar-refractivity contribution in [3.63, 3.8) is 0 Å². The van der Waals surface area contributed by atoms with Crippen LogP contribution in [-0.4, -0.2) is 10.8 Å². The molecule has 0 aliphatic heterocycles. The minimum Gasteiger partial charge on any atom is -0.292 e. The van der Waals surface area contributed by atoms with Crippen molar-refractivity contribution >= 4 is 17.4 Å². The summed E-state index contributed by atoms with van der Waals surface area (Å²) in [6.45, 7) is 3.84. The van der Waals surface area contributed by atoms with Gasteiger partial charge in [-0.15, -0.1) is 0 Å². The predicted octanol–water partition coefficient (Wildman–Crippen LogP) is 4.42. The third kappa shape index (κ3) is 3.42. The molecule has 0 atom stereocenters. The molecule has 0 spiro atoms. The van der Waals surface area contributed by atoms with Crippen LogP contribution in [0, 0.1) is 5.82 Å². The summed E-state index contributed by atoms with van der Waals surface area (Å²) in [5.74, 6) is -0.262. The van der Waals surface area contributed by atoms with Gasteiger partial charge in [0, 0.05) is 12.6 Å². The Morgan fingerprint density at radius 3 is 2.65 bits per heavy atom. The second-order valence-corrected chi connectivity index (χ2v) is 5.41. The maximum absolute atomic E-state index is 13.6. The average Bonchev–Trinajstić information content (AvgIpc) is 2.41. The fourth-order valence-electron chi connectivity index (χ4n) is 1.96. The normalized spacial score (nSPS) is 10.8. The van der Waals surface area contributed by atoms with Crippen molar-refractivity contribution in [1.82, 2.24) is 4.98 Å². The number of benzene rings is 1. The van der Waals surface area contributed by atoms with Gasteiger partial charge in [-0.05, 0) is 35.2 Å². The molecule has 2 nitrogen and oxygen atoms in total. The molecular weight excluding hydrogens is 277 g/mol. The molecule has 4 heteroatoms. The molecule has 0 radical (unpaired) electrons. The van der Waals surface area contributed by atoms with Crippen molar-refractivity contribution in [2.45, 2.75) is 26.2 Å². The first-order valence-electron chi connectivity index (χ1n) is 6.40. The highest BCUT2D eigenvalue weighted by molar-refractivity contribution is 6.30. The Balaban J connectivity index is 2.19. The molecule has 0 saturated heterocycles. The van der Waals surface area contributed by atoms with E-state index in [9.17, 15) is 9.18 Å². The Labute approximate surface area is 122 Å². The molecule has 0 saturated carbocycles. The number of nitrogens with zero attached hydrogens (tertiary/aromatic N) is 1. The number of ketones is 1. The van der Waals surface area contributed by atoms with Gasteiger partial charge >= 0.3 is 0 Å². The number of rotatable bonds is 4. The lowest BCUT2D eigenvalue weighted by atomic mass is 9.97. The molecular formula is C16H15ClFNO. The van der Waals surface area contributed by atoms with Gasteiger partial charge in [0.05, 0.1) is 5.02 Å². The summed E-state index contributed by atoms with van der Waals surface area (Å²) in [4.78, 5) is 16.1. The molecule has 1 heterocycles. The molecule has 0 unspecified atom stereocenters. The van der Waals surface area contributed by atoms with Gasteiger partial charge in [0.15, 0.2) is 5.78 Å². The zero-order valence-electron chi connectivity index (χ0n) is 11.4. The van der Waals surface area contributed by atoms with Gasteiger partial charge in [-0.1, -0.05) is 37.6 Å². The molecule has 0 bridgehead atoms. The summed E-state index contributed by atoms with van der Waals surface area (Å²) in [6, 6.07) is 8.01. The Bertz CT molecular complexity index is 623. The number of Topliss-reactive ketones (excluding diaryl/α,β-unsaturated/α-hetero) is 1.